The largest absolute Gasteiger partial charge is 0.394 e. The van der Waals surface area contributed by atoms with Crippen molar-refractivity contribution in [1.29, 1.82) is 0 Å². The van der Waals surface area contributed by atoms with Gasteiger partial charge in [-0.3, -0.25) is 0 Å². The molecule has 0 aromatic rings. The van der Waals surface area contributed by atoms with Crippen LogP contribution in [0.25, 0.3) is 0 Å². The van der Waals surface area contributed by atoms with Crippen molar-refractivity contribution in [1.82, 2.24) is 0 Å². The zero-order valence-electron chi connectivity index (χ0n) is 8.00. The van der Waals surface area contributed by atoms with Crippen LogP contribution in [0.5, 0.6) is 0 Å². The van der Waals surface area contributed by atoms with Crippen LogP contribution in [0.4, 0.5) is 0 Å². The van der Waals surface area contributed by atoms with Crippen molar-refractivity contribution >= 4 is 16.6 Å². The monoisotopic (exact) mass is 259 g/mol. The molecule has 0 unspecified atom stereocenters. The van der Waals surface area contributed by atoms with Gasteiger partial charge >= 0.3 is 10.3 Å². The predicted octanol–water partition coefficient (Wildman–Crippen LogP) is -4.15. The van der Waals surface area contributed by atoms with E-state index in [1.807, 2.05) is 0 Å². The third-order valence-electron chi connectivity index (χ3n) is 1.65. The molecule has 0 saturated carbocycles. The molecule has 0 bridgehead atoms. The second-order valence-electron chi connectivity index (χ2n) is 2.92. The molecular formula is C6H13NO8S. The van der Waals surface area contributed by atoms with Crippen LogP contribution >= 0.6 is 0 Å². The van der Waals surface area contributed by atoms with Crippen molar-refractivity contribution < 1.29 is 37.8 Å². The Kier molecular flexibility index (Phi) is 5.96. The molecule has 4 atom stereocenters. The highest BCUT2D eigenvalue weighted by molar-refractivity contribution is 7.84. The molecule has 0 rings (SSSR count). The zero-order valence-corrected chi connectivity index (χ0v) is 8.82. The lowest BCUT2D eigenvalue weighted by Gasteiger charge is -2.24. The number of hydrogen-bond donors (Lipinski definition) is 5. The van der Waals surface area contributed by atoms with E-state index >= 15 is 0 Å². The first-order valence-electron chi connectivity index (χ1n) is 4.04. The Bertz CT molecular complexity index is 316. The van der Waals surface area contributed by atoms with Gasteiger partial charge in [0.05, 0.1) is 6.61 Å². The van der Waals surface area contributed by atoms with Crippen LogP contribution in [0.3, 0.4) is 0 Å². The summed E-state index contributed by atoms with van der Waals surface area (Å²) in [7, 11) is -4.49. The molecule has 0 aromatic heterocycles. The summed E-state index contributed by atoms with van der Waals surface area (Å²) in [5.74, 6) is 0. The summed E-state index contributed by atoms with van der Waals surface area (Å²) in [6.07, 6.45) is -7.82. The molecule has 6 N–H and O–H groups in total. The van der Waals surface area contributed by atoms with Gasteiger partial charge in [-0.15, -0.1) is 0 Å². The summed E-state index contributed by atoms with van der Waals surface area (Å²) in [6.45, 7) is -0.890. The zero-order chi connectivity index (χ0) is 12.9. The number of carbonyl (C=O) groups excluding carboxylic acids is 1. The normalized spacial score (nSPS) is 19.8. The van der Waals surface area contributed by atoms with Crippen molar-refractivity contribution in [3.8, 4) is 0 Å². The van der Waals surface area contributed by atoms with E-state index in [0.717, 1.165) is 0 Å². The second kappa shape index (κ2) is 6.20. The Morgan fingerprint density at radius 1 is 1.25 bits per heavy atom. The Hall–Kier alpha value is -0.620. The third kappa shape index (κ3) is 4.94. The van der Waals surface area contributed by atoms with E-state index in [1.165, 1.54) is 0 Å². The van der Waals surface area contributed by atoms with Crippen molar-refractivity contribution in [2.24, 2.45) is 5.14 Å². The second-order valence-corrected chi connectivity index (χ2v) is 4.10. The van der Waals surface area contributed by atoms with Crippen molar-refractivity contribution in [3.63, 3.8) is 0 Å². The fourth-order valence-corrected chi connectivity index (χ4v) is 1.31. The summed E-state index contributed by atoms with van der Waals surface area (Å²) in [5.41, 5.74) is 0. The summed E-state index contributed by atoms with van der Waals surface area (Å²) >= 11 is 0. The minimum absolute atomic E-state index is 0.109. The lowest BCUT2D eigenvalue weighted by molar-refractivity contribution is -0.132. The van der Waals surface area contributed by atoms with Gasteiger partial charge in [-0.1, -0.05) is 0 Å². The van der Waals surface area contributed by atoms with Gasteiger partial charge < -0.3 is 25.2 Å². The van der Waals surface area contributed by atoms with Gasteiger partial charge in [-0.2, -0.15) is 8.42 Å². The standard InChI is InChI=1S/C6H13NO8S/c7-16(13,14)15-4(2-9)6(12)5(11)3(10)1-8/h2-6,8,10-12H,1H2,(H2,7,13,14)/t3-,4+,5-,6-/m1/s1. The maximum atomic E-state index is 10.5. The van der Waals surface area contributed by atoms with Crippen LogP contribution in [0, 0.1) is 0 Å². The fraction of sp³-hybridized carbons (Fsp3) is 0.833. The quantitative estimate of drug-likeness (QED) is 0.287. The number of aliphatic hydroxyl groups is 4. The molecule has 0 saturated heterocycles. The van der Waals surface area contributed by atoms with Crippen molar-refractivity contribution in [2.75, 3.05) is 6.61 Å². The topological polar surface area (TPSA) is 167 Å². The number of nitrogens with two attached hydrogens (primary N) is 1. The van der Waals surface area contributed by atoms with Gasteiger partial charge in [0, 0.05) is 0 Å². The minimum atomic E-state index is -4.49. The first-order valence-corrected chi connectivity index (χ1v) is 5.51. The summed E-state index contributed by atoms with van der Waals surface area (Å²) in [5, 5.41) is 40.2. The van der Waals surface area contributed by atoms with E-state index < -0.39 is 41.3 Å². The smallest absolute Gasteiger partial charge is 0.334 e. The molecule has 0 aliphatic carbocycles. The maximum Gasteiger partial charge on any atom is 0.334 e. The highest BCUT2D eigenvalue weighted by atomic mass is 32.2. The number of aliphatic hydroxyl groups excluding tert-OH is 4. The Morgan fingerprint density at radius 3 is 2.06 bits per heavy atom. The number of rotatable bonds is 7. The van der Waals surface area contributed by atoms with Gasteiger partial charge in [-0.05, 0) is 0 Å². The molecule has 0 aliphatic heterocycles. The molecule has 16 heavy (non-hydrogen) atoms. The number of aldehydes is 1. The van der Waals surface area contributed by atoms with Crippen LogP contribution in [0.15, 0.2) is 0 Å². The fourth-order valence-electron chi connectivity index (χ4n) is 0.845. The molecule has 0 heterocycles. The Labute approximate surface area is 91.3 Å². The third-order valence-corrected chi connectivity index (χ3v) is 2.14. The molecule has 0 aliphatic rings. The maximum absolute atomic E-state index is 10.5. The lowest BCUT2D eigenvalue weighted by Crippen LogP contribution is -2.48. The van der Waals surface area contributed by atoms with E-state index in [4.69, 9.17) is 15.3 Å². The molecule has 0 amide bonds. The predicted molar refractivity (Wildman–Crippen MR) is 49.2 cm³/mol. The highest BCUT2D eigenvalue weighted by Gasteiger charge is 2.33. The highest BCUT2D eigenvalue weighted by Crippen LogP contribution is 2.08. The minimum Gasteiger partial charge on any atom is -0.394 e. The van der Waals surface area contributed by atoms with E-state index in [0.29, 0.717) is 0 Å². The van der Waals surface area contributed by atoms with Gasteiger partial charge in [0.25, 0.3) is 0 Å². The van der Waals surface area contributed by atoms with Crippen LogP contribution in [0.1, 0.15) is 0 Å². The molecule has 0 radical (unpaired) electrons. The van der Waals surface area contributed by atoms with Crippen molar-refractivity contribution in [3.05, 3.63) is 0 Å². The number of hydrogen-bond acceptors (Lipinski definition) is 8. The molecule has 96 valence electrons. The first-order chi connectivity index (χ1) is 7.22. The van der Waals surface area contributed by atoms with E-state index in [2.05, 4.69) is 9.32 Å². The van der Waals surface area contributed by atoms with Crippen LogP contribution in [-0.2, 0) is 19.3 Å². The molecule has 0 fully saturated rings. The van der Waals surface area contributed by atoms with Gasteiger partial charge in [0.15, 0.2) is 12.4 Å². The van der Waals surface area contributed by atoms with Crippen LogP contribution < -0.4 is 5.14 Å². The van der Waals surface area contributed by atoms with E-state index in [9.17, 15) is 18.3 Å². The average molecular weight is 259 g/mol. The summed E-state index contributed by atoms with van der Waals surface area (Å²) in [4.78, 5) is 10.4. The van der Waals surface area contributed by atoms with E-state index in [-0.39, 0.29) is 6.29 Å². The lowest BCUT2D eigenvalue weighted by atomic mass is 10.0. The molecule has 9 nitrogen and oxygen atoms in total. The van der Waals surface area contributed by atoms with Gasteiger partial charge in [0.2, 0.25) is 0 Å². The van der Waals surface area contributed by atoms with Crippen LogP contribution in [-0.4, -0.2) is 66.2 Å². The summed E-state index contributed by atoms with van der Waals surface area (Å²) < 4.78 is 24.9. The van der Waals surface area contributed by atoms with E-state index in [1.54, 1.807) is 0 Å². The Balaban J connectivity index is 4.65. The SMILES string of the molecule is NS(=O)(=O)O[C@@H](C=O)[C@@H](O)[C@H](O)[C@H](O)CO. The Morgan fingerprint density at radius 2 is 1.75 bits per heavy atom. The van der Waals surface area contributed by atoms with Gasteiger partial charge in [0.1, 0.15) is 18.3 Å². The summed E-state index contributed by atoms with van der Waals surface area (Å²) in [6, 6.07) is 0. The van der Waals surface area contributed by atoms with Gasteiger partial charge in [-0.25, -0.2) is 9.32 Å². The molecule has 0 aromatic carbocycles. The van der Waals surface area contributed by atoms with Crippen LogP contribution in [0.2, 0.25) is 0 Å². The molecular weight excluding hydrogens is 246 g/mol. The number of carbonyl (C=O) groups is 1. The molecule has 10 heteroatoms. The average Bonchev–Trinajstić information content (AvgIpc) is 2.21. The van der Waals surface area contributed by atoms with Crippen molar-refractivity contribution in [2.45, 2.75) is 24.4 Å². The first kappa shape index (κ1) is 15.4. The molecule has 0 spiro atoms.